The van der Waals surface area contributed by atoms with Gasteiger partial charge in [0.05, 0.1) is 11.5 Å². The van der Waals surface area contributed by atoms with E-state index in [1.54, 1.807) is 6.26 Å². The van der Waals surface area contributed by atoms with Crippen LogP contribution in [0.25, 0.3) is 0 Å². The fraction of sp³-hybridized carbons (Fsp3) is 0.900. The van der Waals surface area contributed by atoms with Gasteiger partial charge in [0.15, 0.2) is 0 Å². The Hall–Kier alpha value is -0.400. The molecule has 0 radical (unpaired) electrons. The molecule has 0 bridgehead atoms. The molecule has 0 aliphatic rings. The summed E-state index contributed by atoms with van der Waals surface area (Å²) < 4.78 is 11.0. The maximum atomic E-state index is 11.0. The minimum absolute atomic E-state index is 0.181. The Morgan fingerprint density at radius 1 is 1.57 bits per heavy atom. The first-order valence-corrected chi connectivity index (χ1v) is 6.45. The summed E-state index contributed by atoms with van der Waals surface area (Å²) in [7, 11) is -0.764. The van der Waals surface area contributed by atoms with Crippen LogP contribution >= 0.6 is 0 Å². The van der Waals surface area contributed by atoms with Crippen LogP contribution in [0.4, 0.5) is 0 Å². The highest BCUT2D eigenvalue weighted by Crippen LogP contribution is 2.16. The molecule has 0 saturated heterocycles. The summed E-state index contributed by atoms with van der Waals surface area (Å²) in [5.41, 5.74) is -0.262. The van der Waals surface area contributed by atoms with Crippen molar-refractivity contribution in [1.29, 1.82) is 5.26 Å². The molecule has 0 rings (SSSR count). The van der Waals surface area contributed by atoms with Crippen molar-refractivity contribution >= 4 is 10.8 Å². The standard InChI is InChI=1S/C10H20N2OS/c1-9(14(4)13)7-12-6-5-10(2,3)8-11/h9,12H,5-7H2,1-4H3. The molecule has 0 saturated carbocycles. The first-order valence-electron chi connectivity index (χ1n) is 4.83. The predicted molar refractivity (Wildman–Crippen MR) is 60.4 cm³/mol. The van der Waals surface area contributed by atoms with E-state index in [4.69, 9.17) is 5.26 Å². The smallest absolute Gasteiger partial charge is 0.0684 e. The maximum absolute atomic E-state index is 11.0. The molecule has 0 amide bonds. The Morgan fingerprint density at radius 2 is 2.14 bits per heavy atom. The van der Waals surface area contributed by atoms with E-state index in [1.807, 2.05) is 20.8 Å². The van der Waals surface area contributed by atoms with Crippen molar-refractivity contribution < 1.29 is 4.21 Å². The average Bonchev–Trinajstić information content (AvgIpc) is 2.12. The van der Waals surface area contributed by atoms with Crippen molar-refractivity contribution in [3.63, 3.8) is 0 Å². The highest BCUT2D eigenvalue weighted by molar-refractivity contribution is 7.84. The van der Waals surface area contributed by atoms with E-state index in [0.29, 0.717) is 0 Å². The zero-order valence-electron chi connectivity index (χ0n) is 9.46. The lowest BCUT2D eigenvalue weighted by Crippen LogP contribution is -2.30. The molecule has 0 aliphatic carbocycles. The highest BCUT2D eigenvalue weighted by Gasteiger charge is 2.15. The van der Waals surface area contributed by atoms with Gasteiger partial charge in [-0.2, -0.15) is 5.26 Å². The number of nitriles is 1. The van der Waals surface area contributed by atoms with Crippen LogP contribution in [0.1, 0.15) is 27.2 Å². The van der Waals surface area contributed by atoms with E-state index in [-0.39, 0.29) is 10.7 Å². The second-order valence-corrected chi connectivity index (χ2v) is 6.06. The Morgan fingerprint density at radius 3 is 2.57 bits per heavy atom. The molecule has 1 N–H and O–H groups in total. The second kappa shape index (κ2) is 6.15. The molecule has 0 aromatic heterocycles. The van der Waals surface area contributed by atoms with Crippen molar-refractivity contribution in [3.05, 3.63) is 0 Å². The van der Waals surface area contributed by atoms with Crippen LogP contribution in [0.15, 0.2) is 0 Å². The fourth-order valence-corrected chi connectivity index (χ4v) is 1.23. The Balaban J connectivity index is 3.58. The molecule has 4 heteroatoms. The van der Waals surface area contributed by atoms with Gasteiger partial charge in [-0.3, -0.25) is 4.21 Å². The summed E-state index contributed by atoms with van der Waals surface area (Å²) in [6.45, 7) is 7.37. The molecule has 14 heavy (non-hydrogen) atoms. The minimum Gasteiger partial charge on any atom is -0.315 e. The Labute approximate surface area is 89.3 Å². The van der Waals surface area contributed by atoms with Crippen LogP contribution in [0, 0.1) is 16.7 Å². The predicted octanol–water partition coefficient (Wildman–Crippen LogP) is 1.28. The number of hydrogen-bond donors (Lipinski definition) is 1. The van der Waals surface area contributed by atoms with Crippen LogP contribution in [0.5, 0.6) is 0 Å². The number of nitrogens with zero attached hydrogens (tertiary/aromatic N) is 1. The molecule has 0 aliphatic heterocycles. The van der Waals surface area contributed by atoms with Gasteiger partial charge in [0.2, 0.25) is 0 Å². The van der Waals surface area contributed by atoms with E-state index in [2.05, 4.69) is 11.4 Å². The van der Waals surface area contributed by atoms with Crippen molar-refractivity contribution in [1.82, 2.24) is 5.32 Å². The average molecular weight is 216 g/mol. The zero-order valence-corrected chi connectivity index (χ0v) is 10.3. The number of rotatable bonds is 6. The second-order valence-electron chi connectivity index (χ2n) is 4.26. The first-order chi connectivity index (χ1) is 6.39. The summed E-state index contributed by atoms with van der Waals surface area (Å²) in [4.78, 5) is 0. The van der Waals surface area contributed by atoms with Crippen molar-refractivity contribution in [2.24, 2.45) is 5.41 Å². The molecular formula is C10H20N2OS. The van der Waals surface area contributed by atoms with Crippen LogP contribution in [0.3, 0.4) is 0 Å². The van der Waals surface area contributed by atoms with Gasteiger partial charge in [-0.1, -0.05) is 0 Å². The fourth-order valence-electron chi connectivity index (χ4n) is 0.879. The first kappa shape index (κ1) is 13.6. The molecule has 3 nitrogen and oxygen atoms in total. The molecule has 2 unspecified atom stereocenters. The van der Waals surface area contributed by atoms with Crippen LogP contribution < -0.4 is 5.32 Å². The van der Waals surface area contributed by atoms with E-state index >= 15 is 0 Å². The van der Waals surface area contributed by atoms with Gasteiger partial charge in [-0.05, 0) is 33.7 Å². The summed E-state index contributed by atoms with van der Waals surface area (Å²) in [6, 6.07) is 2.25. The maximum Gasteiger partial charge on any atom is 0.0684 e. The molecule has 0 aromatic rings. The van der Waals surface area contributed by atoms with E-state index in [9.17, 15) is 4.21 Å². The summed E-state index contributed by atoms with van der Waals surface area (Å²) in [6.07, 6.45) is 2.54. The molecule has 0 fully saturated rings. The van der Waals surface area contributed by atoms with Gasteiger partial charge in [-0.15, -0.1) is 0 Å². The lowest BCUT2D eigenvalue weighted by atomic mass is 9.91. The molecular weight excluding hydrogens is 196 g/mol. The normalized spacial score (nSPS) is 15.9. The lowest BCUT2D eigenvalue weighted by Gasteiger charge is -2.16. The summed E-state index contributed by atoms with van der Waals surface area (Å²) in [5.74, 6) is 0. The van der Waals surface area contributed by atoms with E-state index < -0.39 is 10.8 Å². The van der Waals surface area contributed by atoms with Gasteiger partial charge >= 0.3 is 0 Å². The highest BCUT2D eigenvalue weighted by atomic mass is 32.2. The van der Waals surface area contributed by atoms with Crippen molar-refractivity contribution in [2.45, 2.75) is 32.4 Å². The van der Waals surface area contributed by atoms with E-state index in [0.717, 1.165) is 19.5 Å². The van der Waals surface area contributed by atoms with Crippen molar-refractivity contribution in [3.8, 4) is 6.07 Å². The molecule has 0 heterocycles. The van der Waals surface area contributed by atoms with Gasteiger partial charge < -0.3 is 5.32 Å². The summed E-state index contributed by atoms with van der Waals surface area (Å²) in [5, 5.41) is 12.2. The van der Waals surface area contributed by atoms with Gasteiger partial charge in [0, 0.05) is 28.9 Å². The van der Waals surface area contributed by atoms with Crippen LogP contribution in [0.2, 0.25) is 0 Å². The molecule has 2 atom stereocenters. The largest absolute Gasteiger partial charge is 0.315 e. The zero-order chi connectivity index (χ0) is 11.2. The molecule has 0 aromatic carbocycles. The number of hydrogen-bond acceptors (Lipinski definition) is 3. The number of nitrogens with one attached hydrogen (secondary N) is 1. The van der Waals surface area contributed by atoms with Crippen LogP contribution in [-0.2, 0) is 10.8 Å². The monoisotopic (exact) mass is 216 g/mol. The van der Waals surface area contributed by atoms with Gasteiger partial charge in [0.1, 0.15) is 0 Å². The Kier molecular flexibility index (Phi) is 5.98. The third kappa shape index (κ3) is 6.11. The van der Waals surface area contributed by atoms with Gasteiger partial charge in [0.25, 0.3) is 0 Å². The summed E-state index contributed by atoms with van der Waals surface area (Å²) >= 11 is 0. The third-order valence-electron chi connectivity index (χ3n) is 2.23. The molecule has 82 valence electrons. The van der Waals surface area contributed by atoms with Crippen LogP contribution in [-0.4, -0.2) is 28.8 Å². The molecule has 0 spiro atoms. The SMILES string of the molecule is CC(CNCCC(C)(C)C#N)S(C)=O. The topological polar surface area (TPSA) is 52.9 Å². The third-order valence-corrected chi connectivity index (χ3v) is 3.53. The lowest BCUT2D eigenvalue weighted by molar-refractivity contribution is 0.433. The van der Waals surface area contributed by atoms with Gasteiger partial charge in [-0.25, -0.2) is 0 Å². The Bertz CT molecular complexity index is 233. The minimum atomic E-state index is -0.764. The van der Waals surface area contributed by atoms with Crippen molar-refractivity contribution in [2.75, 3.05) is 19.3 Å². The quantitative estimate of drug-likeness (QED) is 0.681. The van der Waals surface area contributed by atoms with E-state index in [1.165, 1.54) is 0 Å².